The highest BCUT2D eigenvalue weighted by Gasteiger charge is 2.26. The fraction of sp³-hybridized carbons (Fsp3) is 0.455. The largest absolute Gasteiger partial charge is 0.392 e. The van der Waals surface area contributed by atoms with E-state index in [9.17, 15) is 9.50 Å². The van der Waals surface area contributed by atoms with Crippen molar-refractivity contribution in [1.29, 1.82) is 0 Å². The molecule has 2 rings (SSSR count). The number of aliphatic hydroxyl groups excluding tert-OH is 1. The summed E-state index contributed by atoms with van der Waals surface area (Å²) in [6, 6.07) is 6.46. The van der Waals surface area contributed by atoms with E-state index in [1.807, 2.05) is 0 Å². The Bertz CT molecular complexity index is 281. The van der Waals surface area contributed by atoms with Crippen molar-refractivity contribution >= 4 is 0 Å². The summed E-state index contributed by atoms with van der Waals surface area (Å²) in [7, 11) is 0. The van der Waals surface area contributed by atoms with Crippen LogP contribution in [0.4, 0.5) is 4.39 Å². The second kappa shape index (κ2) is 3.46. The molecule has 0 amide bonds. The zero-order valence-electron chi connectivity index (χ0n) is 7.41. The van der Waals surface area contributed by atoms with Gasteiger partial charge in [-0.3, -0.25) is 0 Å². The molecule has 1 aromatic carbocycles. The van der Waals surface area contributed by atoms with Crippen molar-refractivity contribution in [2.75, 3.05) is 0 Å². The van der Waals surface area contributed by atoms with Crippen LogP contribution >= 0.6 is 0 Å². The molecule has 0 aliphatic heterocycles. The van der Waals surface area contributed by atoms with Crippen LogP contribution in [0.1, 0.15) is 30.7 Å². The first-order valence-corrected chi connectivity index (χ1v) is 4.71. The van der Waals surface area contributed by atoms with Crippen LogP contribution < -0.4 is 0 Å². The number of benzene rings is 1. The van der Waals surface area contributed by atoms with Gasteiger partial charge in [0.2, 0.25) is 0 Å². The molecule has 1 aliphatic rings. The Kier molecular flexibility index (Phi) is 2.32. The lowest BCUT2D eigenvalue weighted by molar-refractivity contribution is 0.164. The molecule has 2 atom stereocenters. The quantitative estimate of drug-likeness (QED) is 0.703. The van der Waals surface area contributed by atoms with Crippen LogP contribution in [0.15, 0.2) is 24.3 Å². The first-order valence-electron chi connectivity index (χ1n) is 4.71. The van der Waals surface area contributed by atoms with Gasteiger partial charge in [-0.2, -0.15) is 0 Å². The van der Waals surface area contributed by atoms with Crippen molar-refractivity contribution in [2.24, 2.45) is 0 Å². The molecule has 1 nitrogen and oxygen atoms in total. The van der Waals surface area contributed by atoms with Crippen LogP contribution in [0.25, 0.3) is 0 Å². The molecule has 0 aromatic heterocycles. The fourth-order valence-electron chi connectivity index (χ4n) is 2.04. The van der Waals surface area contributed by atoms with Crippen molar-refractivity contribution in [1.82, 2.24) is 0 Å². The summed E-state index contributed by atoms with van der Waals surface area (Å²) in [6.45, 7) is 0. The maximum Gasteiger partial charge on any atom is 0.123 e. The Morgan fingerprint density at radius 3 is 2.38 bits per heavy atom. The van der Waals surface area contributed by atoms with Crippen LogP contribution in [-0.2, 0) is 0 Å². The summed E-state index contributed by atoms with van der Waals surface area (Å²) in [5.41, 5.74) is 1.06. The SMILES string of the molecule is OC1CCCC1c1ccc(F)cc1. The van der Waals surface area contributed by atoms with E-state index in [4.69, 9.17) is 0 Å². The zero-order chi connectivity index (χ0) is 9.26. The van der Waals surface area contributed by atoms with Gasteiger partial charge in [0.05, 0.1) is 6.10 Å². The Labute approximate surface area is 77.2 Å². The number of rotatable bonds is 1. The highest BCUT2D eigenvalue weighted by Crippen LogP contribution is 2.34. The maximum absolute atomic E-state index is 12.6. The number of halogens is 1. The minimum absolute atomic E-state index is 0.212. The van der Waals surface area contributed by atoms with E-state index in [1.165, 1.54) is 12.1 Å². The third-order valence-corrected chi connectivity index (χ3v) is 2.78. The molecule has 0 bridgehead atoms. The van der Waals surface area contributed by atoms with Crippen molar-refractivity contribution in [3.8, 4) is 0 Å². The average Bonchev–Trinajstić information content (AvgIpc) is 2.53. The minimum atomic E-state index is -0.231. The second-order valence-corrected chi connectivity index (χ2v) is 3.66. The Morgan fingerprint density at radius 2 is 1.85 bits per heavy atom. The predicted octanol–water partition coefficient (Wildman–Crippen LogP) is 2.45. The molecule has 0 saturated heterocycles. The molecule has 1 saturated carbocycles. The van der Waals surface area contributed by atoms with Crippen LogP contribution in [0.3, 0.4) is 0 Å². The minimum Gasteiger partial charge on any atom is -0.392 e. The summed E-state index contributed by atoms with van der Waals surface area (Å²) in [5, 5.41) is 9.62. The summed E-state index contributed by atoms with van der Waals surface area (Å²) >= 11 is 0. The van der Waals surface area contributed by atoms with Crippen molar-refractivity contribution in [3.05, 3.63) is 35.6 Å². The molecule has 0 radical (unpaired) electrons. The van der Waals surface area contributed by atoms with Gasteiger partial charge in [0, 0.05) is 5.92 Å². The van der Waals surface area contributed by atoms with Gasteiger partial charge in [0.1, 0.15) is 5.82 Å². The third-order valence-electron chi connectivity index (χ3n) is 2.78. The first kappa shape index (κ1) is 8.70. The van der Waals surface area contributed by atoms with Crippen molar-refractivity contribution in [3.63, 3.8) is 0 Å². The first-order chi connectivity index (χ1) is 6.27. The Balaban J connectivity index is 2.20. The zero-order valence-corrected chi connectivity index (χ0v) is 7.41. The van der Waals surface area contributed by atoms with Gasteiger partial charge in [-0.15, -0.1) is 0 Å². The van der Waals surface area contributed by atoms with E-state index < -0.39 is 0 Å². The molecule has 13 heavy (non-hydrogen) atoms. The van der Waals surface area contributed by atoms with Gasteiger partial charge < -0.3 is 5.11 Å². The van der Waals surface area contributed by atoms with E-state index >= 15 is 0 Å². The predicted molar refractivity (Wildman–Crippen MR) is 49.0 cm³/mol. The topological polar surface area (TPSA) is 20.2 Å². The summed E-state index contributed by atoms with van der Waals surface area (Å²) in [5.74, 6) is 0.0110. The Morgan fingerprint density at radius 1 is 1.15 bits per heavy atom. The second-order valence-electron chi connectivity index (χ2n) is 3.66. The number of hydrogen-bond acceptors (Lipinski definition) is 1. The van der Waals surface area contributed by atoms with Gasteiger partial charge in [-0.25, -0.2) is 4.39 Å². The normalized spacial score (nSPS) is 27.8. The lowest BCUT2D eigenvalue weighted by atomic mass is 9.96. The van der Waals surface area contributed by atoms with Gasteiger partial charge >= 0.3 is 0 Å². The summed E-state index contributed by atoms with van der Waals surface area (Å²) in [6.07, 6.45) is 2.74. The molecule has 0 spiro atoms. The lowest BCUT2D eigenvalue weighted by Crippen LogP contribution is -2.10. The van der Waals surface area contributed by atoms with E-state index in [-0.39, 0.29) is 17.8 Å². The van der Waals surface area contributed by atoms with Crippen molar-refractivity contribution in [2.45, 2.75) is 31.3 Å². The number of aliphatic hydroxyl groups is 1. The monoisotopic (exact) mass is 180 g/mol. The average molecular weight is 180 g/mol. The van der Waals surface area contributed by atoms with Crippen LogP contribution in [0.2, 0.25) is 0 Å². The molecular formula is C11H13FO. The van der Waals surface area contributed by atoms with E-state index in [1.54, 1.807) is 12.1 Å². The molecule has 70 valence electrons. The molecular weight excluding hydrogens is 167 g/mol. The van der Waals surface area contributed by atoms with Gasteiger partial charge in [0.15, 0.2) is 0 Å². The highest BCUT2D eigenvalue weighted by atomic mass is 19.1. The molecule has 2 heteroatoms. The smallest absolute Gasteiger partial charge is 0.123 e. The third kappa shape index (κ3) is 1.73. The molecule has 0 heterocycles. The van der Waals surface area contributed by atoms with E-state index in [0.29, 0.717) is 0 Å². The highest BCUT2D eigenvalue weighted by molar-refractivity contribution is 5.22. The van der Waals surface area contributed by atoms with E-state index in [2.05, 4.69) is 0 Å². The summed E-state index contributed by atoms with van der Waals surface area (Å²) < 4.78 is 12.6. The van der Waals surface area contributed by atoms with Crippen LogP contribution in [0.5, 0.6) is 0 Å². The fourth-order valence-corrected chi connectivity index (χ4v) is 2.04. The molecule has 1 aliphatic carbocycles. The Hall–Kier alpha value is -0.890. The molecule has 2 unspecified atom stereocenters. The van der Waals surface area contributed by atoms with Crippen LogP contribution in [0, 0.1) is 5.82 Å². The van der Waals surface area contributed by atoms with Crippen molar-refractivity contribution < 1.29 is 9.50 Å². The van der Waals surface area contributed by atoms with Gasteiger partial charge in [-0.1, -0.05) is 18.6 Å². The van der Waals surface area contributed by atoms with E-state index in [0.717, 1.165) is 24.8 Å². The van der Waals surface area contributed by atoms with Gasteiger partial charge in [-0.05, 0) is 30.5 Å². The lowest BCUT2D eigenvalue weighted by Gasteiger charge is -2.14. The molecule has 1 aromatic rings. The number of hydrogen-bond donors (Lipinski definition) is 1. The molecule has 1 fully saturated rings. The van der Waals surface area contributed by atoms with Crippen LogP contribution in [-0.4, -0.2) is 11.2 Å². The molecule has 1 N–H and O–H groups in total. The summed E-state index contributed by atoms with van der Waals surface area (Å²) in [4.78, 5) is 0. The maximum atomic E-state index is 12.6. The standard InChI is InChI=1S/C11H13FO/c12-9-6-4-8(5-7-9)10-2-1-3-11(10)13/h4-7,10-11,13H,1-3H2. The van der Waals surface area contributed by atoms with Gasteiger partial charge in [0.25, 0.3) is 0 Å².